The van der Waals surface area contributed by atoms with Gasteiger partial charge >= 0.3 is 6.18 Å². The zero-order chi connectivity index (χ0) is 29.0. The number of alkyl halides is 3. The molecule has 5 nitrogen and oxygen atoms in total. The van der Waals surface area contributed by atoms with Crippen molar-refractivity contribution in [2.45, 2.75) is 43.6 Å². The number of hydrogen-bond donors (Lipinski definition) is 1. The molecule has 0 saturated heterocycles. The topological polar surface area (TPSA) is 66.8 Å². The highest BCUT2D eigenvalue weighted by Gasteiger charge is 2.34. The van der Waals surface area contributed by atoms with Gasteiger partial charge in [-0.15, -0.1) is 0 Å². The number of rotatable bonds is 11. The van der Waals surface area contributed by atoms with Crippen LogP contribution >= 0.6 is 11.6 Å². The molecule has 0 aromatic heterocycles. The van der Waals surface area contributed by atoms with Crippen molar-refractivity contribution in [2.24, 2.45) is 0 Å². The number of aliphatic hydroxyl groups excluding tert-OH is 1. The van der Waals surface area contributed by atoms with E-state index in [0.29, 0.717) is 18.5 Å². The minimum Gasteiger partial charge on any atom is -0.493 e. The summed E-state index contributed by atoms with van der Waals surface area (Å²) >= 11 is 6.08. The standard InChI is InChI=1S/C27H27ClF5NO4S/c1-17(35)25-23(30)13-21(14-24(25)39(2,36)37)38-12-4-11-34(15-18-7-9-20(29)10-8-18)16-19-5-3-6-22(26(19)28)27(31,32)33/h3,5-10,13-14,17,35H,4,11-12,15-16H2,1-2H3. The molecule has 39 heavy (non-hydrogen) atoms. The highest BCUT2D eigenvalue weighted by Crippen LogP contribution is 2.36. The zero-order valence-electron chi connectivity index (χ0n) is 21.1. The van der Waals surface area contributed by atoms with Crippen LogP contribution in [0.15, 0.2) is 59.5 Å². The predicted molar refractivity (Wildman–Crippen MR) is 137 cm³/mol. The number of ether oxygens (including phenoxy) is 1. The van der Waals surface area contributed by atoms with E-state index >= 15 is 0 Å². The lowest BCUT2D eigenvalue weighted by atomic mass is 10.1. The van der Waals surface area contributed by atoms with Crippen LogP contribution in [0.25, 0.3) is 0 Å². The van der Waals surface area contributed by atoms with E-state index in [9.17, 15) is 35.5 Å². The molecule has 1 unspecified atom stereocenters. The fraction of sp³-hybridized carbons (Fsp3) is 0.333. The molecule has 3 rings (SSSR count). The van der Waals surface area contributed by atoms with Crippen LogP contribution in [0.3, 0.4) is 0 Å². The fourth-order valence-corrected chi connectivity index (χ4v) is 5.36. The Hall–Kier alpha value is -2.73. The molecule has 1 atom stereocenters. The summed E-state index contributed by atoms with van der Waals surface area (Å²) in [6.45, 7) is 1.89. The molecule has 12 heteroatoms. The first kappa shape index (κ1) is 30.8. The Morgan fingerprint density at radius 1 is 1.05 bits per heavy atom. The number of nitrogens with zero attached hydrogens (tertiary/aromatic N) is 1. The lowest BCUT2D eigenvalue weighted by molar-refractivity contribution is -0.137. The Morgan fingerprint density at radius 2 is 1.72 bits per heavy atom. The molecule has 0 spiro atoms. The summed E-state index contributed by atoms with van der Waals surface area (Å²) in [6, 6.07) is 11.5. The maximum absolute atomic E-state index is 14.6. The Labute approximate surface area is 228 Å². The lowest BCUT2D eigenvalue weighted by Gasteiger charge is -2.24. The van der Waals surface area contributed by atoms with Crippen LogP contribution in [0.2, 0.25) is 5.02 Å². The third kappa shape index (κ3) is 8.38. The molecule has 0 radical (unpaired) electrons. The van der Waals surface area contributed by atoms with E-state index in [-0.39, 0.29) is 41.5 Å². The zero-order valence-corrected chi connectivity index (χ0v) is 22.7. The molecule has 0 fully saturated rings. The van der Waals surface area contributed by atoms with Crippen molar-refractivity contribution in [1.29, 1.82) is 0 Å². The van der Waals surface area contributed by atoms with Gasteiger partial charge < -0.3 is 9.84 Å². The second-order valence-electron chi connectivity index (χ2n) is 9.08. The smallest absolute Gasteiger partial charge is 0.417 e. The SMILES string of the molecule is CC(O)c1c(F)cc(OCCCN(Cc2ccc(F)cc2)Cc2cccc(C(F)(F)F)c2Cl)cc1S(C)(=O)=O. The van der Waals surface area contributed by atoms with Crippen molar-refractivity contribution >= 4 is 21.4 Å². The molecule has 0 saturated carbocycles. The molecule has 1 N–H and O–H groups in total. The van der Waals surface area contributed by atoms with Gasteiger partial charge in [0.1, 0.15) is 17.4 Å². The average molecular weight is 592 g/mol. The van der Waals surface area contributed by atoms with Gasteiger partial charge in [-0.25, -0.2) is 17.2 Å². The highest BCUT2D eigenvalue weighted by molar-refractivity contribution is 7.90. The molecule has 0 aliphatic rings. The van der Waals surface area contributed by atoms with E-state index in [1.54, 1.807) is 17.0 Å². The Morgan fingerprint density at radius 3 is 2.31 bits per heavy atom. The molecular formula is C27H27ClF5NO4S. The van der Waals surface area contributed by atoms with E-state index in [4.69, 9.17) is 16.3 Å². The van der Waals surface area contributed by atoms with Crippen LogP contribution in [0.4, 0.5) is 22.0 Å². The Kier molecular flexibility index (Phi) is 9.98. The van der Waals surface area contributed by atoms with Gasteiger partial charge in [-0.05, 0) is 48.7 Å². The second kappa shape index (κ2) is 12.6. The maximum atomic E-state index is 14.6. The number of benzene rings is 3. The van der Waals surface area contributed by atoms with Gasteiger partial charge in [0.2, 0.25) is 0 Å². The van der Waals surface area contributed by atoms with Crippen LogP contribution in [-0.2, 0) is 29.1 Å². The minimum atomic E-state index is -4.62. The van der Waals surface area contributed by atoms with Crippen LogP contribution in [0, 0.1) is 11.6 Å². The van der Waals surface area contributed by atoms with Crippen molar-refractivity contribution in [3.8, 4) is 5.75 Å². The van der Waals surface area contributed by atoms with Gasteiger partial charge in [-0.3, -0.25) is 4.90 Å². The van der Waals surface area contributed by atoms with Gasteiger partial charge in [-0.2, -0.15) is 13.2 Å². The molecular weight excluding hydrogens is 565 g/mol. The summed E-state index contributed by atoms with van der Waals surface area (Å²) in [5, 5.41) is 9.40. The first-order valence-electron chi connectivity index (χ1n) is 11.8. The molecule has 0 heterocycles. The van der Waals surface area contributed by atoms with E-state index in [2.05, 4.69) is 0 Å². The Balaban J connectivity index is 1.76. The number of hydrogen-bond acceptors (Lipinski definition) is 5. The van der Waals surface area contributed by atoms with Crippen molar-refractivity contribution in [3.63, 3.8) is 0 Å². The number of aliphatic hydroxyl groups is 1. The van der Waals surface area contributed by atoms with Gasteiger partial charge in [0, 0.05) is 37.5 Å². The van der Waals surface area contributed by atoms with Crippen LogP contribution in [-0.4, -0.2) is 37.8 Å². The highest BCUT2D eigenvalue weighted by atomic mass is 35.5. The fourth-order valence-electron chi connectivity index (χ4n) is 4.07. The molecule has 3 aromatic rings. The van der Waals surface area contributed by atoms with Crippen molar-refractivity contribution < 1.29 is 40.2 Å². The molecule has 3 aromatic carbocycles. The monoisotopic (exact) mass is 591 g/mol. The Bertz CT molecular complexity index is 1400. The minimum absolute atomic E-state index is 0.0207. The molecule has 0 amide bonds. The summed E-state index contributed by atoms with van der Waals surface area (Å²) in [6.07, 6.45) is -4.76. The van der Waals surface area contributed by atoms with Crippen molar-refractivity contribution in [1.82, 2.24) is 4.90 Å². The van der Waals surface area contributed by atoms with Gasteiger partial charge in [0.25, 0.3) is 0 Å². The summed E-state index contributed by atoms with van der Waals surface area (Å²) in [7, 11) is -3.87. The van der Waals surface area contributed by atoms with Gasteiger partial charge in [0.05, 0.1) is 28.2 Å². The second-order valence-corrected chi connectivity index (χ2v) is 11.4. The molecule has 0 aliphatic carbocycles. The first-order chi connectivity index (χ1) is 18.2. The van der Waals surface area contributed by atoms with E-state index in [1.807, 2.05) is 0 Å². The van der Waals surface area contributed by atoms with Crippen LogP contribution in [0.5, 0.6) is 5.75 Å². The van der Waals surface area contributed by atoms with Crippen LogP contribution in [0.1, 0.15) is 41.7 Å². The molecule has 212 valence electrons. The largest absolute Gasteiger partial charge is 0.493 e. The normalized spacial score (nSPS) is 13.1. The summed E-state index contributed by atoms with van der Waals surface area (Å²) < 4.78 is 97.7. The quantitative estimate of drug-likeness (QED) is 0.202. The predicted octanol–water partition coefficient (Wildman–Crippen LogP) is 6.57. The third-order valence-electron chi connectivity index (χ3n) is 5.87. The maximum Gasteiger partial charge on any atom is 0.417 e. The van der Waals surface area contributed by atoms with Gasteiger partial charge in [0.15, 0.2) is 9.84 Å². The van der Waals surface area contributed by atoms with Crippen molar-refractivity contribution in [2.75, 3.05) is 19.4 Å². The van der Waals surface area contributed by atoms with Crippen LogP contribution < -0.4 is 4.74 Å². The molecule has 0 aliphatic heterocycles. The summed E-state index contributed by atoms with van der Waals surface area (Å²) in [5.74, 6) is -1.41. The lowest BCUT2D eigenvalue weighted by Crippen LogP contribution is -2.26. The first-order valence-corrected chi connectivity index (χ1v) is 14.1. The average Bonchev–Trinajstić information content (AvgIpc) is 2.82. The van der Waals surface area contributed by atoms with Gasteiger partial charge in [-0.1, -0.05) is 35.9 Å². The van der Waals surface area contributed by atoms with E-state index < -0.39 is 44.3 Å². The van der Waals surface area contributed by atoms with E-state index in [1.165, 1.54) is 31.2 Å². The third-order valence-corrected chi connectivity index (χ3v) is 7.45. The van der Waals surface area contributed by atoms with Crippen molar-refractivity contribution in [3.05, 3.63) is 93.5 Å². The van der Waals surface area contributed by atoms with E-state index in [0.717, 1.165) is 24.5 Å². The number of halogens is 6. The molecule has 0 bridgehead atoms. The summed E-state index contributed by atoms with van der Waals surface area (Å²) in [4.78, 5) is 1.42. The summed E-state index contributed by atoms with van der Waals surface area (Å²) in [5.41, 5.74) is -0.332. The number of sulfone groups is 1.